The standard InChI is InChI=1S/C23H21F5N2O2/c1-4-13-7-15(9-16(8-13)23(26,27)28)19-5-6-20(32-19)22(31)30-12(2)14-10-17(24)21(29-3)18(25)11-14/h5-12,29H,4H2,1-3H3,(H,30,31). The van der Waals surface area contributed by atoms with Gasteiger partial charge < -0.3 is 15.1 Å². The number of carbonyl (C=O) groups excluding carboxylic acids is 1. The van der Waals surface area contributed by atoms with Gasteiger partial charge in [-0.3, -0.25) is 4.79 Å². The molecule has 0 aliphatic carbocycles. The number of rotatable bonds is 6. The van der Waals surface area contributed by atoms with E-state index in [0.717, 1.165) is 24.3 Å². The van der Waals surface area contributed by atoms with Gasteiger partial charge in [0.15, 0.2) is 5.76 Å². The minimum absolute atomic E-state index is 0.0964. The molecule has 170 valence electrons. The Kier molecular flexibility index (Phi) is 6.57. The summed E-state index contributed by atoms with van der Waals surface area (Å²) in [6, 6.07) is 7.75. The molecule has 9 heteroatoms. The quantitative estimate of drug-likeness (QED) is 0.429. The molecule has 0 spiro atoms. The molecule has 32 heavy (non-hydrogen) atoms. The Morgan fingerprint density at radius 3 is 2.28 bits per heavy atom. The number of benzene rings is 2. The highest BCUT2D eigenvalue weighted by Gasteiger charge is 2.31. The highest BCUT2D eigenvalue weighted by Crippen LogP contribution is 2.34. The van der Waals surface area contributed by atoms with E-state index >= 15 is 0 Å². The van der Waals surface area contributed by atoms with Gasteiger partial charge in [-0.05, 0) is 66.9 Å². The summed E-state index contributed by atoms with van der Waals surface area (Å²) < 4.78 is 73.0. The van der Waals surface area contributed by atoms with Crippen LogP contribution in [0.25, 0.3) is 11.3 Å². The lowest BCUT2D eigenvalue weighted by Crippen LogP contribution is -2.26. The number of furan rings is 1. The zero-order valence-electron chi connectivity index (χ0n) is 17.5. The van der Waals surface area contributed by atoms with E-state index in [1.165, 1.54) is 26.1 Å². The van der Waals surface area contributed by atoms with Crippen molar-refractivity contribution in [1.82, 2.24) is 5.32 Å². The van der Waals surface area contributed by atoms with E-state index in [1.807, 2.05) is 0 Å². The Bertz CT molecular complexity index is 1110. The van der Waals surface area contributed by atoms with Gasteiger partial charge >= 0.3 is 6.18 Å². The fraction of sp³-hybridized carbons (Fsp3) is 0.261. The fourth-order valence-electron chi connectivity index (χ4n) is 3.25. The van der Waals surface area contributed by atoms with Gasteiger partial charge in [-0.15, -0.1) is 0 Å². The predicted octanol–water partition coefficient (Wildman–Crippen LogP) is 6.34. The zero-order chi connectivity index (χ0) is 23.6. The number of anilines is 1. The molecule has 2 N–H and O–H groups in total. The summed E-state index contributed by atoms with van der Waals surface area (Å²) in [5.41, 5.74) is -0.229. The fourth-order valence-corrected chi connectivity index (χ4v) is 3.25. The maximum atomic E-state index is 14.0. The molecular formula is C23H21F5N2O2. The molecule has 1 aromatic heterocycles. The number of alkyl halides is 3. The first-order valence-corrected chi connectivity index (χ1v) is 9.82. The number of hydrogen-bond acceptors (Lipinski definition) is 3. The second-order valence-corrected chi connectivity index (χ2v) is 7.24. The van der Waals surface area contributed by atoms with Crippen molar-refractivity contribution in [3.63, 3.8) is 0 Å². The van der Waals surface area contributed by atoms with E-state index in [0.29, 0.717) is 12.0 Å². The first-order valence-electron chi connectivity index (χ1n) is 9.82. The lowest BCUT2D eigenvalue weighted by Gasteiger charge is -2.15. The number of carbonyl (C=O) groups is 1. The number of nitrogens with one attached hydrogen (secondary N) is 2. The predicted molar refractivity (Wildman–Crippen MR) is 110 cm³/mol. The molecule has 3 aromatic rings. The number of amides is 1. The molecule has 2 aromatic carbocycles. The van der Waals surface area contributed by atoms with Crippen molar-refractivity contribution in [2.24, 2.45) is 0 Å². The first kappa shape index (κ1) is 23.3. The van der Waals surface area contributed by atoms with Crippen molar-refractivity contribution >= 4 is 11.6 Å². The smallest absolute Gasteiger partial charge is 0.416 e. The molecule has 0 aliphatic rings. The molecule has 4 nitrogen and oxygen atoms in total. The Hall–Kier alpha value is -3.36. The first-order chi connectivity index (χ1) is 15.0. The monoisotopic (exact) mass is 452 g/mol. The Morgan fingerprint density at radius 2 is 1.72 bits per heavy atom. The van der Waals surface area contributed by atoms with Crippen LogP contribution in [0.3, 0.4) is 0 Å². The van der Waals surface area contributed by atoms with Crippen molar-refractivity contribution in [1.29, 1.82) is 0 Å². The minimum atomic E-state index is -4.52. The van der Waals surface area contributed by atoms with Gasteiger partial charge in [0, 0.05) is 12.6 Å². The van der Waals surface area contributed by atoms with Gasteiger partial charge in [0.05, 0.1) is 11.6 Å². The van der Waals surface area contributed by atoms with Crippen LogP contribution in [0, 0.1) is 11.6 Å². The molecule has 1 unspecified atom stereocenters. The zero-order valence-corrected chi connectivity index (χ0v) is 17.5. The summed E-state index contributed by atoms with van der Waals surface area (Å²) in [5, 5.41) is 4.97. The van der Waals surface area contributed by atoms with Crippen LogP contribution in [0.2, 0.25) is 0 Å². The average Bonchev–Trinajstić information content (AvgIpc) is 3.23. The van der Waals surface area contributed by atoms with E-state index < -0.39 is 35.3 Å². The van der Waals surface area contributed by atoms with E-state index in [2.05, 4.69) is 10.6 Å². The van der Waals surface area contributed by atoms with Crippen molar-refractivity contribution in [2.45, 2.75) is 32.5 Å². The van der Waals surface area contributed by atoms with Crippen LogP contribution in [-0.4, -0.2) is 13.0 Å². The molecule has 0 saturated heterocycles. The summed E-state index contributed by atoms with van der Waals surface area (Å²) in [6.45, 7) is 3.27. The summed E-state index contributed by atoms with van der Waals surface area (Å²) in [6.07, 6.45) is -4.13. The normalized spacial score (nSPS) is 12.5. The molecule has 1 atom stereocenters. The highest BCUT2D eigenvalue weighted by atomic mass is 19.4. The van der Waals surface area contributed by atoms with Gasteiger partial charge in [0.1, 0.15) is 23.1 Å². The maximum absolute atomic E-state index is 14.0. The maximum Gasteiger partial charge on any atom is 0.416 e. The molecular weight excluding hydrogens is 431 g/mol. The topological polar surface area (TPSA) is 54.3 Å². The van der Waals surface area contributed by atoms with Crippen molar-refractivity contribution in [3.8, 4) is 11.3 Å². The number of hydrogen-bond donors (Lipinski definition) is 2. The summed E-state index contributed by atoms with van der Waals surface area (Å²) in [5.74, 6) is -2.33. The summed E-state index contributed by atoms with van der Waals surface area (Å²) in [4.78, 5) is 12.5. The van der Waals surface area contributed by atoms with Gasteiger partial charge in [0.2, 0.25) is 0 Å². The van der Waals surface area contributed by atoms with Crippen LogP contribution in [0.4, 0.5) is 27.6 Å². The molecule has 0 fully saturated rings. The molecule has 1 heterocycles. The summed E-state index contributed by atoms with van der Waals surface area (Å²) in [7, 11) is 1.38. The highest BCUT2D eigenvalue weighted by molar-refractivity contribution is 5.92. The SMILES string of the molecule is CCc1cc(-c2ccc(C(=O)NC(C)c3cc(F)c(NC)c(F)c3)o2)cc(C(F)(F)F)c1. The Labute approximate surface area is 181 Å². The van der Waals surface area contributed by atoms with Crippen LogP contribution in [0.15, 0.2) is 46.9 Å². The second kappa shape index (κ2) is 9.02. The van der Waals surface area contributed by atoms with Crippen LogP contribution in [-0.2, 0) is 12.6 Å². The third kappa shape index (κ3) is 4.92. The average molecular weight is 452 g/mol. The largest absolute Gasteiger partial charge is 0.451 e. The minimum Gasteiger partial charge on any atom is -0.451 e. The third-order valence-electron chi connectivity index (χ3n) is 5.00. The lowest BCUT2D eigenvalue weighted by atomic mass is 10.0. The van der Waals surface area contributed by atoms with E-state index in [-0.39, 0.29) is 28.3 Å². The molecule has 0 radical (unpaired) electrons. The summed E-state index contributed by atoms with van der Waals surface area (Å²) >= 11 is 0. The van der Waals surface area contributed by atoms with Crippen LogP contribution < -0.4 is 10.6 Å². The van der Waals surface area contributed by atoms with Crippen molar-refractivity contribution in [3.05, 3.63) is 76.5 Å². The van der Waals surface area contributed by atoms with Crippen molar-refractivity contribution < 1.29 is 31.2 Å². The molecule has 0 aliphatic heterocycles. The van der Waals surface area contributed by atoms with Gasteiger partial charge in [-0.1, -0.05) is 6.92 Å². The van der Waals surface area contributed by atoms with Gasteiger partial charge in [-0.2, -0.15) is 13.2 Å². The number of aryl methyl sites for hydroxylation is 1. The lowest BCUT2D eigenvalue weighted by molar-refractivity contribution is -0.137. The Morgan fingerprint density at radius 1 is 1.06 bits per heavy atom. The van der Waals surface area contributed by atoms with Crippen LogP contribution in [0.1, 0.15) is 47.1 Å². The van der Waals surface area contributed by atoms with Crippen LogP contribution in [0.5, 0.6) is 0 Å². The van der Waals surface area contributed by atoms with Gasteiger partial charge in [-0.25, -0.2) is 8.78 Å². The van der Waals surface area contributed by atoms with E-state index in [1.54, 1.807) is 13.0 Å². The van der Waals surface area contributed by atoms with E-state index in [9.17, 15) is 26.7 Å². The second-order valence-electron chi connectivity index (χ2n) is 7.24. The van der Waals surface area contributed by atoms with E-state index in [4.69, 9.17) is 4.42 Å². The number of halogens is 5. The van der Waals surface area contributed by atoms with Gasteiger partial charge in [0.25, 0.3) is 5.91 Å². The molecule has 1 amide bonds. The molecule has 0 saturated carbocycles. The molecule has 0 bridgehead atoms. The molecule has 3 rings (SSSR count). The Balaban J connectivity index is 1.82. The third-order valence-corrected chi connectivity index (χ3v) is 5.00. The van der Waals surface area contributed by atoms with Crippen LogP contribution >= 0.6 is 0 Å². The van der Waals surface area contributed by atoms with Crippen molar-refractivity contribution in [2.75, 3.05) is 12.4 Å².